The van der Waals surface area contributed by atoms with Gasteiger partial charge in [-0.05, 0) is 19.9 Å². The molecule has 1 aromatic carbocycles. The van der Waals surface area contributed by atoms with E-state index in [4.69, 9.17) is 5.73 Å². The van der Waals surface area contributed by atoms with Crippen LogP contribution in [-0.4, -0.2) is 17.1 Å². The second-order valence-electron chi connectivity index (χ2n) is 4.08. The summed E-state index contributed by atoms with van der Waals surface area (Å²) in [6.07, 6.45) is 0.298. The number of phenols is 1. The first-order valence-electron chi connectivity index (χ1n) is 5.29. The molecule has 0 bridgehead atoms. The number of hydrogen-bond donors (Lipinski definition) is 3. The van der Waals surface area contributed by atoms with Gasteiger partial charge in [0.1, 0.15) is 5.75 Å². The lowest BCUT2D eigenvalue weighted by atomic mass is 10.1. The van der Waals surface area contributed by atoms with Gasteiger partial charge in [-0.1, -0.05) is 17.7 Å². The molecule has 0 saturated heterocycles. The molecule has 1 unspecified atom stereocenters. The van der Waals surface area contributed by atoms with Crippen molar-refractivity contribution in [1.29, 1.82) is 0 Å². The molecule has 0 aliphatic carbocycles. The third-order valence-corrected chi connectivity index (χ3v) is 2.38. The maximum atomic E-state index is 10.7. The summed E-state index contributed by atoms with van der Waals surface area (Å²) in [4.78, 5) is 10.7. The molecule has 4 nitrogen and oxygen atoms in total. The molecular formula is C12H18N2O2. The van der Waals surface area contributed by atoms with E-state index < -0.39 is 0 Å². The van der Waals surface area contributed by atoms with E-state index in [-0.39, 0.29) is 17.7 Å². The zero-order valence-corrected chi connectivity index (χ0v) is 9.66. The smallest absolute Gasteiger partial charge is 0.218 e. The van der Waals surface area contributed by atoms with Crippen LogP contribution in [0.2, 0.25) is 0 Å². The first-order chi connectivity index (χ1) is 7.49. The fourth-order valence-electron chi connectivity index (χ4n) is 1.51. The lowest BCUT2D eigenvalue weighted by Crippen LogP contribution is -2.30. The van der Waals surface area contributed by atoms with Crippen molar-refractivity contribution in [3.8, 4) is 5.75 Å². The van der Waals surface area contributed by atoms with Crippen LogP contribution >= 0.6 is 0 Å². The fourth-order valence-corrected chi connectivity index (χ4v) is 1.51. The van der Waals surface area contributed by atoms with Crippen LogP contribution in [0, 0.1) is 6.92 Å². The lowest BCUT2D eigenvalue weighted by molar-refractivity contribution is -0.118. The van der Waals surface area contributed by atoms with E-state index in [1.807, 2.05) is 26.0 Å². The largest absolute Gasteiger partial charge is 0.508 e. The fraction of sp³-hybridized carbons (Fsp3) is 0.417. The number of nitrogens with two attached hydrogens (primary N) is 1. The molecule has 4 heteroatoms. The van der Waals surface area contributed by atoms with Crippen molar-refractivity contribution in [2.45, 2.75) is 32.9 Å². The summed E-state index contributed by atoms with van der Waals surface area (Å²) in [5.41, 5.74) is 7.01. The number of phenolic OH excluding ortho intramolecular Hbond substituents is 1. The zero-order valence-electron chi connectivity index (χ0n) is 9.66. The van der Waals surface area contributed by atoms with Crippen LogP contribution in [0.4, 0.5) is 0 Å². The zero-order chi connectivity index (χ0) is 12.1. The number of hydrogen-bond acceptors (Lipinski definition) is 3. The number of primary amides is 1. The number of aryl methyl sites for hydroxylation is 1. The molecule has 1 aromatic rings. The van der Waals surface area contributed by atoms with Gasteiger partial charge in [-0.25, -0.2) is 0 Å². The van der Waals surface area contributed by atoms with Crippen LogP contribution in [0.5, 0.6) is 5.75 Å². The van der Waals surface area contributed by atoms with Crippen LogP contribution in [-0.2, 0) is 11.3 Å². The second-order valence-corrected chi connectivity index (χ2v) is 4.08. The molecule has 16 heavy (non-hydrogen) atoms. The highest BCUT2D eigenvalue weighted by molar-refractivity contribution is 5.74. The Hall–Kier alpha value is -1.55. The third kappa shape index (κ3) is 3.90. The van der Waals surface area contributed by atoms with Crippen molar-refractivity contribution in [1.82, 2.24) is 5.32 Å². The Labute approximate surface area is 95.5 Å². The second kappa shape index (κ2) is 5.51. The number of carbonyl (C=O) groups excluding carboxylic acids is 1. The Kier molecular flexibility index (Phi) is 4.31. The van der Waals surface area contributed by atoms with Crippen molar-refractivity contribution in [2.75, 3.05) is 0 Å². The van der Waals surface area contributed by atoms with E-state index in [9.17, 15) is 9.90 Å². The van der Waals surface area contributed by atoms with Gasteiger partial charge in [0.2, 0.25) is 5.91 Å². The molecule has 0 aromatic heterocycles. The standard InChI is InChI=1S/C12H18N2O2/c1-8-3-4-11(15)10(5-8)7-14-9(2)6-12(13)16/h3-5,9,14-15H,6-7H2,1-2H3,(H2,13,16). The van der Waals surface area contributed by atoms with E-state index in [1.165, 1.54) is 0 Å². The summed E-state index contributed by atoms with van der Waals surface area (Å²) >= 11 is 0. The Morgan fingerprint density at radius 3 is 2.88 bits per heavy atom. The maximum Gasteiger partial charge on any atom is 0.218 e. The van der Waals surface area contributed by atoms with Crippen LogP contribution in [0.25, 0.3) is 0 Å². The third-order valence-electron chi connectivity index (χ3n) is 2.38. The van der Waals surface area contributed by atoms with Crippen LogP contribution < -0.4 is 11.1 Å². The molecule has 4 N–H and O–H groups in total. The number of aromatic hydroxyl groups is 1. The quantitative estimate of drug-likeness (QED) is 0.697. The predicted molar refractivity (Wildman–Crippen MR) is 63.0 cm³/mol. The van der Waals surface area contributed by atoms with E-state index in [2.05, 4.69) is 5.32 Å². The summed E-state index contributed by atoms with van der Waals surface area (Å²) in [6, 6.07) is 5.45. The van der Waals surface area contributed by atoms with E-state index in [1.54, 1.807) is 6.07 Å². The molecule has 1 atom stereocenters. The highest BCUT2D eigenvalue weighted by Gasteiger charge is 2.07. The molecule has 0 aliphatic heterocycles. The van der Waals surface area contributed by atoms with Crippen LogP contribution in [0.3, 0.4) is 0 Å². The van der Waals surface area contributed by atoms with Gasteiger partial charge >= 0.3 is 0 Å². The molecule has 0 saturated carbocycles. The predicted octanol–water partition coefficient (Wildman–Crippen LogP) is 1.05. The van der Waals surface area contributed by atoms with Crippen molar-refractivity contribution in [3.05, 3.63) is 29.3 Å². The number of rotatable bonds is 5. The van der Waals surface area contributed by atoms with Crippen LogP contribution in [0.1, 0.15) is 24.5 Å². The number of nitrogens with one attached hydrogen (secondary N) is 1. The van der Waals surface area contributed by atoms with E-state index in [0.717, 1.165) is 11.1 Å². The molecule has 1 rings (SSSR count). The minimum Gasteiger partial charge on any atom is -0.508 e. The summed E-state index contributed by atoms with van der Waals surface area (Å²) in [6.45, 7) is 4.38. The minimum atomic E-state index is -0.325. The molecule has 0 fully saturated rings. The number of carbonyl (C=O) groups is 1. The van der Waals surface area contributed by atoms with Crippen molar-refractivity contribution in [3.63, 3.8) is 0 Å². The van der Waals surface area contributed by atoms with Crippen molar-refractivity contribution < 1.29 is 9.90 Å². The van der Waals surface area contributed by atoms with Crippen LogP contribution in [0.15, 0.2) is 18.2 Å². The van der Waals surface area contributed by atoms with Crippen molar-refractivity contribution in [2.24, 2.45) is 5.73 Å². The highest BCUT2D eigenvalue weighted by Crippen LogP contribution is 2.17. The topological polar surface area (TPSA) is 75.3 Å². The van der Waals surface area contributed by atoms with Gasteiger partial charge in [0.05, 0.1) is 0 Å². The monoisotopic (exact) mass is 222 g/mol. The Bertz CT molecular complexity index is 377. The normalized spacial score (nSPS) is 12.4. The average Bonchev–Trinajstić information content (AvgIpc) is 2.18. The summed E-state index contributed by atoms with van der Waals surface area (Å²) in [7, 11) is 0. The number of amides is 1. The van der Waals surface area contributed by atoms with Gasteiger partial charge in [0.25, 0.3) is 0 Å². The Morgan fingerprint density at radius 1 is 1.56 bits per heavy atom. The molecule has 0 spiro atoms. The first kappa shape index (κ1) is 12.5. The molecule has 0 aliphatic rings. The first-order valence-corrected chi connectivity index (χ1v) is 5.29. The van der Waals surface area contributed by atoms with Gasteiger partial charge in [-0.15, -0.1) is 0 Å². The van der Waals surface area contributed by atoms with E-state index >= 15 is 0 Å². The lowest BCUT2D eigenvalue weighted by Gasteiger charge is -2.13. The number of benzene rings is 1. The molecular weight excluding hydrogens is 204 g/mol. The average molecular weight is 222 g/mol. The summed E-state index contributed by atoms with van der Waals surface area (Å²) < 4.78 is 0. The molecule has 0 radical (unpaired) electrons. The van der Waals surface area contributed by atoms with Gasteiger partial charge in [-0.3, -0.25) is 4.79 Å². The Balaban J connectivity index is 2.54. The molecule has 1 amide bonds. The maximum absolute atomic E-state index is 10.7. The molecule has 0 heterocycles. The van der Waals surface area contributed by atoms with Gasteiger partial charge in [-0.2, -0.15) is 0 Å². The minimum absolute atomic E-state index is 0.0115. The SMILES string of the molecule is Cc1ccc(O)c(CNC(C)CC(N)=O)c1. The summed E-state index contributed by atoms with van der Waals surface area (Å²) in [5, 5.41) is 12.7. The highest BCUT2D eigenvalue weighted by atomic mass is 16.3. The summed E-state index contributed by atoms with van der Waals surface area (Å²) in [5.74, 6) is -0.0576. The van der Waals surface area contributed by atoms with Gasteiger partial charge in [0.15, 0.2) is 0 Å². The van der Waals surface area contributed by atoms with E-state index in [0.29, 0.717) is 13.0 Å². The van der Waals surface area contributed by atoms with Crippen molar-refractivity contribution >= 4 is 5.91 Å². The Morgan fingerprint density at radius 2 is 2.25 bits per heavy atom. The van der Waals surface area contributed by atoms with Gasteiger partial charge < -0.3 is 16.2 Å². The van der Waals surface area contributed by atoms with Gasteiger partial charge in [0, 0.05) is 24.6 Å². The molecule has 88 valence electrons.